The lowest BCUT2D eigenvalue weighted by Gasteiger charge is -2.38. The standard InChI is InChI=1S/C25H30ClN5O3S/c1-16-11-25(15-33-16)6-8-31(9-7-25)20-12-28-21(13-27-20)35-19-4-3-18-23(22(19)26)30(2)24(29-18)34-17-5-10-32-14-17/h3-4,12-13,16-17H,5-11,14-15H2,1-2H3/t16-,17?/m0/s1. The molecule has 186 valence electrons. The molecule has 1 spiro atoms. The molecule has 3 aliphatic rings. The van der Waals surface area contributed by atoms with Gasteiger partial charge in [0.1, 0.15) is 16.9 Å². The van der Waals surface area contributed by atoms with E-state index in [1.807, 2.05) is 36.1 Å². The molecule has 35 heavy (non-hydrogen) atoms. The fraction of sp³-hybridized carbons (Fsp3) is 0.560. The Balaban J connectivity index is 1.14. The average molecular weight is 516 g/mol. The van der Waals surface area contributed by atoms with Gasteiger partial charge in [-0.05, 0) is 43.7 Å². The van der Waals surface area contributed by atoms with Crippen LogP contribution in [0, 0.1) is 5.41 Å². The number of fused-ring (bicyclic) bond motifs is 1. The summed E-state index contributed by atoms with van der Waals surface area (Å²) in [5, 5.41) is 1.45. The van der Waals surface area contributed by atoms with E-state index < -0.39 is 0 Å². The molecule has 2 atom stereocenters. The second-order valence-electron chi connectivity index (χ2n) is 9.93. The van der Waals surface area contributed by atoms with Crippen molar-refractivity contribution in [2.45, 2.75) is 54.7 Å². The lowest BCUT2D eigenvalue weighted by Crippen LogP contribution is -2.41. The van der Waals surface area contributed by atoms with Gasteiger partial charge >= 0.3 is 0 Å². The lowest BCUT2D eigenvalue weighted by atomic mass is 9.77. The van der Waals surface area contributed by atoms with E-state index in [9.17, 15) is 0 Å². The van der Waals surface area contributed by atoms with Crippen LogP contribution in [0.25, 0.3) is 11.0 Å². The fourth-order valence-corrected chi connectivity index (χ4v) is 6.56. The van der Waals surface area contributed by atoms with Crippen LogP contribution in [0.4, 0.5) is 5.82 Å². The number of halogens is 1. The smallest absolute Gasteiger partial charge is 0.297 e. The SMILES string of the molecule is C[C@H]1CC2(CCN(c3cnc(Sc4ccc5nc(OC6CCOC6)n(C)c5c4Cl)cn3)CC2)CO1. The van der Waals surface area contributed by atoms with Crippen LogP contribution in [-0.4, -0.2) is 64.6 Å². The predicted molar refractivity (Wildman–Crippen MR) is 136 cm³/mol. The van der Waals surface area contributed by atoms with Crippen molar-refractivity contribution in [3.8, 4) is 6.01 Å². The molecule has 0 amide bonds. The van der Waals surface area contributed by atoms with Crippen LogP contribution < -0.4 is 9.64 Å². The maximum atomic E-state index is 6.82. The molecule has 3 aliphatic heterocycles. The zero-order chi connectivity index (χ0) is 24.0. The number of hydrogen-bond acceptors (Lipinski definition) is 8. The molecule has 2 aromatic heterocycles. The van der Waals surface area contributed by atoms with Gasteiger partial charge in [0.15, 0.2) is 0 Å². The van der Waals surface area contributed by atoms with Gasteiger partial charge in [-0.25, -0.2) is 9.97 Å². The number of rotatable bonds is 5. The second-order valence-corrected chi connectivity index (χ2v) is 11.4. The molecule has 8 nitrogen and oxygen atoms in total. The Kier molecular flexibility index (Phi) is 6.28. The summed E-state index contributed by atoms with van der Waals surface area (Å²) in [5.41, 5.74) is 2.01. The lowest BCUT2D eigenvalue weighted by molar-refractivity contribution is 0.0976. The van der Waals surface area contributed by atoms with Crippen molar-refractivity contribution in [2.24, 2.45) is 12.5 Å². The molecule has 0 radical (unpaired) electrons. The summed E-state index contributed by atoms with van der Waals surface area (Å²) in [6.07, 6.45) is 8.47. The Bertz CT molecular complexity index is 1210. The minimum Gasteiger partial charge on any atom is -0.459 e. The molecule has 10 heteroatoms. The molecule has 0 N–H and O–H groups in total. The van der Waals surface area contributed by atoms with Gasteiger partial charge in [-0.15, -0.1) is 0 Å². The highest BCUT2D eigenvalue weighted by Gasteiger charge is 2.41. The number of benzene rings is 1. The molecule has 3 aromatic rings. The van der Waals surface area contributed by atoms with Crippen molar-refractivity contribution in [3.05, 3.63) is 29.5 Å². The van der Waals surface area contributed by atoms with Crippen molar-refractivity contribution in [1.82, 2.24) is 19.5 Å². The zero-order valence-electron chi connectivity index (χ0n) is 20.1. The first-order valence-electron chi connectivity index (χ1n) is 12.3. The van der Waals surface area contributed by atoms with Crippen molar-refractivity contribution in [1.29, 1.82) is 0 Å². The Morgan fingerprint density at radius 1 is 1.20 bits per heavy atom. The summed E-state index contributed by atoms with van der Waals surface area (Å²) >= 11 is 8.33. The van der Waals surface area contributed by atoms with Gasteiger partial charge in [0.05, 0.1) is 54.4 Å². The van der Waals surface area contributed by atoms with Gasteiger partial charge in [0, 0.05) is 31.5 Å². The Morgan fingerprint density at radius 3 is 2.74 bits per heavy atom. The first-order chi connectivity index (χ1) is 17.0. The summed E-state index contributed by atoms with van der Waals surface area (Å²) in [5.74, 6) is 0.932. The van der Waals surface area contributed by atoms with Gasteiger partial charge in [-0.1, -0.05) is 23.4 Å². The maximum absolute atomic E-state index is 6.82. The zero-order valence-corrected chi connectivity index (χ0v) is 21.6. The number of ether oxygens (including phenoxy) is 3. The number of hydrogen-bond donors (Lipinski definition) is 0. The van der Waals surface area contributed by atoms with E-state index in [1.54, 1.807) is 0 Å². The van der Waals surface area contributed by atoms with Gasteiger partial charge in [-0.3, -0.25) is 4.57 Å². The summed E-state index contributed by atoms with van der Waals surface area (Å²) in [4.78, 5) is 17.3. The van der Waals surface area contributed by atoms with Gasteiger partial charge in [0.25, 0.3) is 6.01 Å². The Labute approximate surface area is 214 Å². The van der Waals surface area contributed by atoms with Crippen LogP contribution in [0.1, 0.15) is 32.6 Å². The Morgan fingerprint density at radius 2 is 2.06 bits per heavy atom. The molecule has 0 saturated carbocycles. The molecule has 5 heterocycles. The summed E-state index contributed by atoms with van der Waals surface area (Å²) < 4.78 is 19.2. The highest BCUT2D eigenvalue weighted by Crippen LogP contribution is 2.43. The van der Waals surface area contributed by atoms with Crippen LogP contribution in [0.15, 0.2) is 34.4 Å². The third-order valence-corrected chi connectivity index (χ3v) is 8.90. The number of anilines is 1. The monoisotopic (exact) mass is 515 g/mol. The third-order valence-electron chi connectivity index (χ3n) is 7.43. The highest BCUT2D eigenvalue weighted by molar-refractivity contribution is 7.99. The van der Waals surface area contributed by atoms with Crippen LogP contribution in [0.2, 0.25) is 5.02 Å². The molecule has 1 unspecified atom stereocenters. The molecule has 6 rings (SSSR count). The fourth-order valence-electron chi connectivity index (χ4n) is 5.40. The van der Waals surface area contributed by atoms with Crippen LogP contribution in [-0.2, 0) is 16.5 Å². The molecule has 3 fully saturated rings. The molecule has 3 saturated heterocycles. The third kappa shape index (κ3) is 4.59. The summed E-state index contributed by atoms with van der Waals surface area (Å²) in [6, 6.07) is 4.51. The second kappa shape index (κ2) is 9.42. The molecule has 1 aromatic carbocycles. The normalized spacial score (nSPS) is 24.0. The summed E-state index contributed by atoms with van der Waals surface area (Å²) in [6.45, 7) is 6.39. The van der Waals surface area contributed by atoms with Gasteiger partial charge in [-0.2, -0.15) is 4.98 Å². The minimum absolute atomic E-state index is 0.0346. The molecule has 0 bridgehead atoms. The van der Waals surface area contributed by atoms with E-state index in [1.165, 1.54) is 18.2 Å². The number of imidazole rings is 1. The van der Waals surface area contributed by atoms with E-state index in [0.29, 0.717) is 29.2 Å². The molecular weight excluding hydrogens is 486 g/mol. The van der Waals surface area contributed by atoms with Crippen molar-refractivity contribution < 1.29 is 14.2 Å². The van der Waals surface area contributed by atoms with Crippen molar-refractivity contribution >= 4 is 40.2 Å². The molecular formula is C25H30ClN5O3S. The van der Waals surface area contributed by atoms with Crippen molar-refractivity contribution in [3.63, 3.8) is 0 Å². The van der Waals surface area contributed by atoms with E-state index in [4.69, 9.17) is 30.8 Å². The van der Waals surface area contributed by atoms with Crippen LogP contribution in [0.5, 0.6) is 6.01 Å². The highest BCUT2D eigenvalue weighted by atomic mass is 35.5. The number of nitrogens with zero attached hydrogens (tertiary/aromatic N) is 5. The topological polar surface area (TPSA) is 74.5 Å². The van der Waals surface area contributed by atoms with Gasteiger partial charge in [0.2, 0.25) is 0 Å². The van der Waals surface area contributed by atoms with E-state index in [0.717, 1.165) is 72.3 Å². The van der Waals surface area contributed by atoms with E-state index >= 15 is 0 Å². The number of aromatic nitrogens is 4. The predicted octanol–water partition coefficient (Wildman–Crippen LogP) is 4.73. The van der Waals surface area contributed by atoms with Gasteiger partial charge < -0.3 is 19.1 Å². The minimum atomic E-state index is 0.0346. The summed E-state index contributed by atoms with van der Waals surface area (Å²) in [7, 11) is 1.93. The largest absolute Gasteiger partial charge is 0.459 e. The van der Waals surface area contributed by atoms with Crippen molar-refractivity contribution in [2.75, 3.05) is 37.8 Å². The first-order valence-corrected chi connectivity index (χ1v) is 13.4. The average Bonchev–Trinajstić information content (AvgIpc) is 3.58. The number of aryl methyl sites for hydroxylation is 1. The van der Waals surface area contributed by atoms with E-state index in [-0.39, 0.29) is 6.10 Å². The van der Waals surface area contributed by atoms with Crippen LogP contribution >= 0.6 is 23.4 Å². The molecule has 0 aliphatic carbocycles. The number of piperidine rings is 1. The van der Waals surface area contributed by atoms with E-state index in [2.05, 4.69) is 21.8 Å². The first kappa shape index (κ1) is 23.3. The Hall–Kier alpha value is -2.07. The van der Waals surface area contributed by atoms with Crippen LogP contribution in [0.3, 0.4) is 0 Å². The quantitative estimate of drug-likeness (QED) is 0.482. The maximum Gasteiger partial charge on any atom is 0.297 e.